The maximum absolute atomic E-state index is 12.1. The maximum atomic E-state index is 12.1. The Labute approximate surface area is 135 Å². The highest BCUT2D eigenvalue weighted by Gasteiger charge is 2.17. The van der Waals surface area contributed by atoms with Gasteiger partial charge < -0.3 is 5.11 Å². The predicted molar refractivity (Wildman–Crippen MR) is 83.4 cm³/mol. The van der Waals surface area contributed by atoms with Crippen LogP contribution in [0.2, 0.25) is 10.0 Å². The number of azo groups is 1. The summed E-state index contributed by atoms with van der Waals surface area (Å²) >= 11 is 12.0. The molecule has 0 unspecified atom stereocenters. The molecular weight excluding hydrogens is 327 g/mol. The second-order valence-electron chi connectivity index (χ2n) is 4.42. The van der Waals surface area contributed by atoms with Crippen LogP contribution in [0, 0.1) is 18.3 Å². The average Bonchev–Trinajstić information content (AvgIpc) is 2.48. The van der Waals surface area contributed by atoms with Crippen LogP contribution in [0.1, 0.15) is 11.1 Å². The molecule has 6 nitrogen and oxygen atoms in total. The number of hydrogen-bond donors (Lipinski definition) is 1. The van der Waals surface area contributed by atoms with Crippen molar-refractivity contribution in [3.63, 3.8) is 0 Å². The van der Waals surface area contributed by atoms with Crippen molar-refractivity contribution in [2.75, 3.05) is 0 Å². The van der Waals surface area contributed by atoms with Gasteiger partial charge in [0.2, 0.25) is 5.88 Å². The van der Waals surface area contributed by atoms with Crippen molar-refractivity contribution in [3.8, 4) is 11.9 Å². The minimum Gasteiger partial charge on any atom is -0.493 e. The zero-order chi connectivity index (χ0) is 16.4. The summed E-state index contributed by atoms with van der Waals surface area (Å²) in [7, 11) is 1.33. The smallest absolute Gasteiger partial charge is 0.281 e. The molecule has 0 saturated heterocycles. The largest absolute Gasteiger partial charge is 0.493 e. The Balaban J connectivity index is 2.65. The van der Waals surface area contributed by atoms with Crippen molar-refractivity contribution < 1.29 is 5.11 Å². The summed E-state index contributed by atoms with van der Waals surface area (Å²) in [6, 6.07) is 6.66. The van der Waals surface area contributed by atoms with E-state index in [-0.39, 0.29) is 32.5 Å². The molecule has 0 fully saturated rings. The van der Waals surface area contributed by atoms with Gasteiger partial charge in [-0.3, -0.25) is 9.36 Å². The zero-order valence-electron chi connectivity index (χ0n) is 11.6. The van der Waals surface area contributed by atoms with Gasteiger partial charge >= 0.3 is 0 Å². The number of halogens is 2. The van der Waals surface area contributed by atoms with Crippen LogP contribution in [0.15, 0.2) is 33.2 Å². The van der Waals surface area contributed by atoms with E-state index < -0.39 is 11.4 Å². The number of aromatic nitrogens is 1. The summed E-state index contributed by atoms with van der Waals surface area (Å²) in [6.45, 7) is 1.50. The van der Waals surface area contributed by atoms with Crippen molar-refractivity contribution in [3.05, 3.63) is 49.7 Å². The summed E-state index contributed by atoms with van der Waals surface area (Å²) < 4.78 is 0.925. The summed E-state index contributed by atoms with van der Waals surface area (Å²) in [5, 5.41) is 27.2. The van der Waals surface area contributed by atoms with Gasteiger partial charge in [-0.05, 0) is 19.1 Å². The van der Waals surface area contributed by atoms with Gasteiger partial charge in [-0.2, -0.15) is 5.26 Å². The highest BCUT2D eigenvalue weighted by atomic mass is 35.5. The summed E-state index contributed by atoms with van der Waals surface area (Å²) in [6.07, 6.45) is 0. The van der Waals surface area contributed by atoms with Gasteiger partial charge in [0, 0.05) is 12.6 Å². The monoisotopic (exact) mass is 336 g/mol. The first-order valence-corrected chi connectivity index (χ1v) is 6.82. The molecule has 0 radical (unpaired) electrons. The molecule has 0 aliphatic heterocycles. The van der Waals surface area contributed by atoms with Gasteiger partial charge in [-0.1, -0.05) is 29.3 Å². The van der Waals surface area contributed by atoms with Crippen LogP contribution in [-0.4, -0.2) is 9.67 Å². The number of hydrogen-bond acceptors (Lipinski definition) is 5. The summed E-state index contributed by atoms with van der Waals surface area (Å²) in [5.74, 6) is -0.417. The van der Waals surface area contributed by atoms with Gasteiger partial charge in [-0.25, -0.2) is 0 Å². The van der Waals surface area contributed by atoms with E-state index in [0.29, 0.717) is 0 Å². The lowest BCUT2D eigenvalue weighted by molar-refractivity contribution is 0.421. The molecule has 1 heterocycles. The highest BCUT2D eigenvalue weighted by Crippen LogP contribution is 2.34. The molecule has 0 spiro atoms. The Kier molecular flexibility index (Phi) is 4.50. The first kappa shape index (κ1) is 16.0. The van der Waals surface area contributed by atoms with Gasteiger partial charge in [0.25, 0.3) is 5.56 Å². The van der Waals surface area contributed by atoms with E-state index in [1.54, 1.807) is 18.2 Å². The SMILES string of the molecule is Cc1c(C#N)c(O)n(C)c(=O)c1N=Nc1c(Cl)cccc1Cl. The fourth-order valence-corrected chi connectivity index (χ4v) is 2.28. The van der Waals surface area contributed by atoms with E-state index in [9.17, 15) is 9.90 Å². The lowest BCUT2D eigenvalue weighted by Crippen LogP contribution is -2.18. The molecule has 1 aromatic heterocycles. The molecule has 112 valence electrons. The molecule has 0 atom stereocenters. The molecule has 22 heavy (non-hydrogen) atoms. The number of rotatable bonds is 2. The molecule has 0 saturated carbocycles. The molecule has 0 aliphatic carbocycles. The second kappa shape index (κ2) is 6.18. The Hall–Kier alpha value is -2.36. The number of nitriles is 1. The number of benzene rings is 1. The van der Waals surface area contributed by atoms with Crippen LogP contribution >= 0.6 is 23.2 Å². The van der Waals surface area contributed by atoms with Crippen LogP contribution in [-0.2, 0) is 7.05 Å². The lowest BCUT2D eigenvalue weighted by atomic mass is 10.1. The lowest BCUT2D eigenvalue weighted by Gasteiger charge is -2.08. The van der Waals surface area contributed by atoms with Gasteiger partial charge in [-0.15, -0.1) is 10.2 Å². The average molecular weight is 337 g/mol. The molecule has 1 aromatic carbocycles. The second-order valence-corrected chi connectivity index (χ2v) is 5.23. The molecule has 2 rings (SSSR count). The number of nitrogens with zero attached hydrogens (tertiary/aromatic N) is 4. The van der Waals surface area contributed by atoms with Crippen LogP contribution in [0.4, 0.5) is 11.4 Å². The normalized spacial score (nSPS) is 10.9. The van der Waals surface area contributed by atoms with E-state index in [1.165, 1.54) is 14.0 Å². The molecule has 0 bridgehead atoms. The molecular formula is C14H10Cl2N4O2. The quantitative estimate of drug-likeness (QED) is 0.840. The van der Waals surface area contributed by atoms with Crippen molar-refractivity contribution >= 4 is 34.6 Å². The predicted octanol–water partition coefficient (Wildman–Crippen LogP) is 3.99. The minimum absolute atomic E-state index is 0.0405. The Morgan fingerprint density at radius 3 is 2.32 bits per heavy atom. The summed E-state index contributed by atoms with van der Waals surface area (Å²) in [5.41, 5.74) is -0.232. The highest BCUT2D eigenvalue weighted by molar-refractivity contribution is 6.38. The fraction of sp³-hybridized carbons (Fsp3) is 0.143. The molecule has 0 aliphatic rings. The Morgan fingerprint density at radius 1 is 1.23 bits per heavy atom. The first-order chi connectivity index (χ1) is 10.4. The number of aromatic hydroxyl groups is 1. The Morgan fingerprint density at radius 2 is 1.77 bits per heavy atom. The van der Waals surface area contributed by atoms with Crippen molar-refractivity contribution in [1.29, 1.82) is 5.26 Å². The van der Waals surface area contributed by atoms with Gasteiger partial charge in [0.1, 0.15) is 17.3 Å². The van der Waals surface area contributed by atoms with Crippen LogP contribution < -0.4 is 5.56 Å². The van der Waals surface area contributed by atoms with Crippen LogP contribution in [0.5, 0.6) is 5.88 Å². The topological polar surface area (TPSA) is 90.7 Å². The van der Waals surface area contributed by atoms with Crippen LogP contribution in [0.3, 0.4) is 0 Å². The van der Waals surface area contributed by atoms with E-state index in [2.05, 4.69) is 10.2 Å². The fourth-order valence-electron chi connectivity index (χ4n) is 1.81. The van der Waals surface area contributed by atoms with E-state index in [4.69, 9.17) is 28.5 Å². The molecule has 0 amide bonds. The maximum Gasteiger partial charge on any atom is 0.281 e. The summed E-state index contributed by atoms with van der Waals surface area (Å²) in [4.78, 5) is 12.1. The van der Waals surface area contributed by atoms with E-state index in [0.717, 1.165) is 4.57 Å². The third kappa shape index (κ3) is 2.69. The zero-order valence-corrected chi connectivity index (χ0v) is 13.1. The third-order valence-electron chi connectivity index (χ3n) is 3.08. The van der Waals surface area contributed by atoms with Crippen molar-refractivity contribution in [2.45, 2.75) is 6.92 Å². The van der Waals surface area contributed by atoms with Gasteiger partial charge in [0.15, 0.2) is 5.69 Å². The Bertz CT molecular complexity index is 862. The standard InChI is InChI=1S/C14H10Cl2N4O2/c1-7-8(6-17)13(21)20(2)14(22)11(7)18-19-12-9(15)4-3-5-10(12)16/h3-5,21H,1-2H3. The minimum atomic E-state index is -0.582. The van der Waals surface area contributed by atoms with Crippen LogP contribution in [0.25, 0.3) is 0 Å². The van der Waals surface area contributed by atoms with E-state index >= 15 is 0 Å². The van der Waals surface area contributed by atoms with Crippen molar-refractivity contribution in [1.82, 2.24) is 4.57 Å². The molecule has 8 heteroatoms. The molecule has 1 N–H and O–H groups in total. The van der Waals surface area contributed by atoms with Gasteiger partial charge in [0.05, 0.1) is 10.0 Å². The molecule has 2 aromatic rings. The number of pyridine rings is 1. The van der Waals surface area contributed by atoms with E-state index in [1.807, 2.05) is 6.07 Å². The van der Waals surface area contributed by atoms with Crippen molar-refractivity contribution in [2.24, 2.45) is 17.3 Å². The third-order valence-corrected chi connectivity index (χ3v) is 3.69. The first-order valence-electron chi connectivity index (χ1n) is 6.06.